The van der Waals surface area contributed by atoms with Crippen molar-refractivity contribution in [3.8, 4) is 0 Å². The van der Waals surface area contributed by atoms with Crippen molar-refractivity contribution in [3.05, 3.63) is 35.4 Å². The molecule has 1 aliphatic heterocycles. The number of methoxy groups -OCH3 is 1. The number of benzene rings is 1. The standard InChI is InChI=1S/C14H19NO2S/c1-10-6-4-5-7-12(10)14-15(8-9-17-3)13(16)11(2)18-14/h4-7,11,14H,8-9H2,1-3H3/t11-,14+/m0/s1. The molecule has 0 aliphatic carbocycles. The number of nitrogens with zero attached hydrogens (tertiary/aromatic N) is 1. The van der Waals surface area contributed by atoms with Crippen molar-refractivity contribution >= 4 is 17.7 Å². The zero-order chi connectivity index (χ0) is 13.1. The third-order valence-corrected chi connectivity index (χ3v) is 4.61. The van der Waals surface area contributed by atoms with E-state index in [-0.39, 0.29) is 16.5 Å². The molecular weight excluding hydrogens is 246 g/mol. The number of hydrogen-bond donors (Lipinski definition) is 0. The molecule has 1 saturated heterocycles. The molecule has 0 N–H and O–H groups in total. The molecule has 1 aromatic carbocycles. The fourth-order valence-corrected chi connectivity index (χ4v) is 3.60. The van der Waals surface area contributed by atoms with Crippen LogP contribution in [0, 0.1) is 6.92 Å². The lowest BCUT2D eigenvalue weighted by molar-refractivity contribution is -0.130. The van der Waals surface area contributed by atoms with E-state index in [0.717, 1.165) is 0 Å². The summed E-state index contributed by atoms with van der Waals surface area (Å²) in [5.74, 6) is 0.213. The smallest absolute Gasteiger partial charge is 0.236 e. The fourth-order valence-electron chi connectivity index (χ4n) is 2.20. The van der Waals surface area contributed by atoms with Crippen molar-refractivity contribution in [2.75, 3.05) is 20.3 Å². The summed E-state index contributed by atoms with van der Waals surface area (Å²) in [6.07, 6.45) is 0. The highest BCUT2D eigenvalue weighted by Gasteiger charge is 2.38. The molecule has 3 nitrogen and oxygen atoms in total. The molecule has 1 aliphatic rings. The van der Waals surface area contributed by atoms with Crippen molar-refractivity contribution in [1.29, 1.82) is 0 Å². The van der Waals surface area contributed by atoms with Gasteiger partial charge in [0.05, 0.1) is 11.9 Å². The van der Waals surface area contributed by atoms with Gasteiger partial charge in [0.25, 0.3) is 0 Å². The fraction of sp³-hybridized carbons (Fsp3) is 0.500. The van der Waals surface area contributed by atoms with Crippen LogP contribution in [0.2, 0.25) is 0 Å². The number of carbonyl (C=O) groups is 1. The Bertz CT molecular complexity index is 436. The predicted octanol–water partition coefficient (Wildman–Crippen LogP) is 2.60. The van der Waals surface area contributed by atoms with Gasteiger partial charge in [-0.25, -0.2) is 0 Å². The highest BCUT2D eigenvalue weighted by atomic mass is 32.2. The van der Waals surface area contributed by atoms with Gasteiger partial charge in [0.15, 0.2) is 0 Å². The predicted molar refractivity (Wildman–Crippen MR) is 74.6 cm³/mol. The van der Waals surface area contributed by atoms with E-state index < -0.39 is 0 Å². The van der Waals surface area contributed by atoms with Gasteiger partial charge in [-0.15, -0.1) is 11.8 Å². The number of ether oxygens (including phenoxy) is 1. The van der Waals surface area contributed by atoms with Crippen molar-refractivity contribution in [1.82, 2.24) is 4.90 Å². The van der Waals surface area contributed by atoms with E-state index in [9.17, 15) is 4.79 Å². The van der Waals surface area contributed by atoms with Gasteiger partial charge in [-0.1, -0.05) is 24.3 Å². The molecule has 98 valence electrons. The van der Waals surface area contributed by atoms with Crippen LogP contribution in [0.3, 0.4) is 0 Å². The highest BCUT2D eigenvalue weighted by Crippen LogP contribution is 2.43. The Morgan fingerprint density at radius 2 is 2.11 bits per heavy atom. The Morgan fingerprint density at radius 3 is 2.78 bits per heavy atom. The van der Waals surface area contributed by atoms with Crippen LogP contribution in [-0.4, -0.2) is 36.3 Å². The van der Waals surface area contributed by atoms with Crippen LogP contribution in [0.25, 0.3) is 0 Å². The number of thioether (sulfide) groups is 1. The van der Waals surface area contributed by atoms with Gasteiger partial charge in [0.1, 0.15) is 5.37 Å². The van der Waals surface area contributed by atoms with Crippen LogP contribution in [0.1, 0.15) is 23.4 Å². The second-order valence-electron chi connectivity index (χ2n) is 4.51. The van der Waals surface area contributed by atoms with Crippen molar-refractivity contribution < 1.29 is 9.53 Å². The summed E-state index contributed by atoms with van der Waals surface area (Å²) in [4.78, 5) is 14.1. The highest BCUT2D eigenvalue weighted by molar-refractivity contribution is 8.01. The van der Waals surface area contributed by atoms with Gasteiger partial charge in [-0.2, -0.15) is 0 Å². The average molecular weight is 265 g/mol. The lowest BCUT2D eigenvalue weighted by atomic mass is 10.1. The maximum Gasteiger partial charge on any atom is 0.236 e. The van der Waals surface area contributed by atoms with E-state index in [4.69, 9.17) is 4.74 Å². The third-order valence-electron chi connectivity index (χ3n) is 3.24. The van der Waals surface area contributed by atoms with Crippen LogP contribution in [0.5, 0.6) is 0 Å². The summed E-state index contributed by atoms with van der Waals surface area (Å²) in [5.41, 5.74) is 2.47. The molecule has 0 unspecified atom stereocenters. The summed E-state index contributed by atoms with van der Waals surface area (Å²) >= 11 is 1.72. The normalized spacial score (nSPS) is 23.7. The molecule has 4 heteroatoms. The van der Waals surface area contributed by atoms with Gasteiger partial charge < -0.3 is 9.64 Å². The molecule has 0 aromatic heterocycles. The molecule has 18 heavy (non-hydrogen) atoms. The van der Waals surface area contributed by atoms with Gasteiger partial charge in [0, 0.05) is 13.7 Å². The van der Waals surface area contributed by atoms with Crippen LogP contribution < -0.4 is 0 Å². The Hall–Kier alpha value is -1.00. The molecule has 2 rings (SSSR count). The second-order valence-corrected chi connectivity index (χ2v) is 5.94. The lowest BCUT2D eigenvalue weighted by Crippen LogP contribution is -2.33. The first-order valence-electron chi connectivity index (χ1n) is 6.15. The van der Waals surface area contributed by atoms with Gasteiger partial charge >= 0.3 is 0 Å². The van der Waals surface area contributed by atoms with Crippen LogP contribution in [0.4, 0.5) is 0 Å². The zero-order valence-corrected chi connectivity index (χ0v) is 11.9. The summed E-state index contributed by atoms with van der Waals surface area (Å²) in [6.45, 7) is 5.32. The molecule has 1 heterocycles. The van der Waals surface area contributed by atoms with Gasteiger partial charge in [-0.05, 0) is 25.0 Å². The number of carbonyl (C=O) groups excluding carboxylic acids is 1. The lowest BCUT2D eigenvalue weighted by Gasteiger charge is -2.25. The van der Waals surface area contributed by atoms with E-state index in [2.05, 4.69) is 19.1 Å². The topological polar surface area (TPSA) is 29.5 Å². The number of hydrogen-bond acceptors (Lipinski definition) is 3. The van der Waals surface area contributed by atoms with E-state index in [1.54, 1.807) is 18.9 Å². The summed E-state index contributed by atoms with van der Waals surface area (Å²) in [6, 6.07) is 8.27. The van der Waals surface area contributed by atoms with Crippen LogP contribution >= 0.6 is 11.8 Å². The largest absolute Gasteiger partial charge is 0.383 e. The first-order valence-corrected chi connectivity index (χ1v) is 7.10. The molecule has 0 radical (unpaired) electrons. The van der Waals surface area contributed by atoms with Gasteiger partial charge in [-0.3, -0.25) is 4.79 Å². The van der Waals surface area contributed by atoms with E-state index >= 15 is 0 Å². The van der Waals surface area contributed by atoms with Crippen LogP contribution in [-0.2, 0) is 9.53 Å². The first kappa shape index (κ1) is 13.4. The first-order chi connectivity index (χ1) is 8.65. The van der Waals surface area contributed by atoms with E-state index in [0.29, 0.717) is 13.2 Å². The van der Waals surface area contributed by atoms with Crippen molar-refractivity contribution in [2.45, 2.75) is 24.5 Å². The van der Waals surface area contributed by atoms with Crippen molar-refractivity contribution in [2.24, 2.45) is 0 Å². The summed E-state index contributed by atoms with van der Waals surface area (Å²) in [5, 5.41) is 0.162. The molecule has 2 atom stereocenters. The van der Waals surface area contributed by atoms with Crippen LogP contribution in [0.15, 0.2) is 24.3 Å². The van der Waals surface area contributed by atoms with E-state index in [1.807, 2.05) is 24.0 Å². The number of rotatable bonds is 4. The molecule has 0 saturated carbocycles. The zero-order valence-electron chi connectivity index (χ0n) is 11.1. The Morgan fingerprint density at radius 1 is 1.39 bits per heavy atom. The minimum absolute atomic E-state index is 0.0338. The maximum atomic E-state index is 12.2. The molecule has 1 fully saturated rings. The Kier molecular flexibility index (Phi) is 4.30. The molecule has 0 spiro atoms. The Labute approximate surface area is 113 Å². The molecule has 1 aromatic rings. The van der Waals surface area contributed by atoms with Crippen molar-refractivity contribution in [3.63, 3.8) is 0 Å². The van der Waals surface area contributed by atoms with Gasteiger partial charge in [0.2, 0.25) is 5.91 Å². The minimum Gasteiger partial charge on any atom is -0.383 e. The maximum absolute atomic E-state index is 12.2. The van der Waals surface area contributed by atoms with E-state index in [1.165, 1.54) is 11.1 Å². The number of amides is 1. The average Bonchev–Trinajstić information content (AvgIpc) is 2.64. The summed E-state index contributed by atoms with van der Waals surface area (Å²) in [7, 11) is 1.67. The molecular formula is C14H19NO2S. The molecule has 1 amide bonds. The third kappa shape index (κ3) is 2.54. The second kappa shape index (κ2) is 5.76. The quantitative estimate of drug-likeness (QED) is 0.838. The molecule has 0 bridgehead atoms. The Balaban J connectivity index is 2.25. The monoisotopic (exact) mass is 265 g/mol. The number of aryl methyl sites for hydroxylation is 1. The minimum atomic E-state index is 0.0338. The summed E-state index contributed by atoms with van der Waals surface area (Å²) < 4.78 is 5.10. The SMILES string of the molecule is COCCN1C(=O)[C@H](C)S[C@@H]1c1ccccc1C.